The van der Waals surface area contributed by atoms with Gasteiger partial charge in [0.1, 0.15) is 0 Å². The van der Waals surface area contributed by atoms with Crippen LogP contribution in [-0.4, -0.2) is 31.4 Å². The molecular formula is C13H11NO5. The van der Waals surface area contributed by atoms with Crippen LogP contribution in [0.15, 0.2) is 17.1 Å². The molecule has 6 nitrogen and oxygen atoms in total. The van der Waals surface area contributed by atoms with Gasteiger partial charge >= 0.3 is 5.97 Å². The van der Waals surface area contributed by atoms with Crippen LogP contribution in [-0.2, 0) is 9.53 Å². The number of ether oxygens (including phenoxy) is 3. The third-order valence-electron chi connectivity index (χ3n) is 2.94. The number of fused-ring (bicyclic) bond motifs is 2. The van der Waals surface area contributed by atoms with Gasteiger partial charge in [-0.05, 0) is 13.0 Å². The average Bonchev–Trinajstić information content (AvgIpc) is 2.84. The summed E-state index contributed by atoms with van der Waals surface area (Å²) in [5, 5.41) is 0. The summed E-state index contributed by atoms with van der Waals surface area (Å²) in [6.45, 7) is 2.04. The minimum Gasteiger partial charge on any atom is -0.465 e. The normalized spacial score (nSPS) is 19.2. The van der Waals surface area contributed by atoms with E-state index in [2.05, 4.69) is 4.99 Å². The Balaban J connectivity index is 1.97. The van der Waals surface area contributed by atoms with Gasteiger partial charge in [0.25, 0.3) is 0 Å². The van der Waals surface area contributed by atoms with Crippen LogP contribution >= 0.6 is 0 Å². The van der Waals surface area contributed by atoms with Crippen LogP contribution in [0.4, 0.5) is 5.69 Å². The molecule has 6 heteroatoms. The van der Waals surface area contributed by atoms with Crippen molar-refractivity contribution < 1.29 is 23.8 Å². The number of hydrogen-bond acceptors (Lipinski definition) is 6. The number of ketones is 1. The standard InChI is InChI=1S/C13H11NO5/c1-2-17-13(16)8-5-14-9-4-11-10(18-6-19-11)3-7(9)12(8)15/h3-5,8H,2,6H2,1H3. The Morgan fingerprint density at radius 3 is 2.89 bits per heavy atom. The molecule has 19 heavy (non-hydrogen) atoms. The van der Waals surface area contributed by atoms with E-state index in [4.69, 9.17) is 14.2 Å². The van der Waals surface area contributed by atoms with Gasteiger partial charge in [0, 0.05) is 17.8 Å². The van der Waals surface area contributed by atoms with E-state index in [9.17, 15) is 9.59 Å². The summed E-state index contributed by atoms with van der Waals surface area (Å²) in [7, 11) is 0. The van der Waals surface area contributed by atoms with E-state index in [1.54, 1.807) is 19.1 Å². The Bertz CT molecular complexity index is 593. The molecule has 0 aromatic heterocycles. The Morgan fingerprint density at radius 1 is 1.42 bits per heavy atom. The van der Waals surface area contributed by atoms with E-state index in [1.807, 2.05) is 0 Å². The molecule has 0 spiro atoms. The minimum atomic E-state index is -0.979. The van der Waals surface area contributed by atoms with Crippen molar-refractivity contribution in [2.24, 2.45) is 10.9 Å². The third kappa shape index (κ3) is 1.85. The highest BCUT2D eigenvalue weighted by Gasteiger charge is 2.33. The van der Waals surface area contributed by atoms with Gasteiger partial charge in [0.2, 0.25) is 6.79 Å². The number of carbonyl (C=O) groups excluding carboxylic acids is 2. The summed E-state index contributed by atoms with van der Waals surface area (Å²) < 4.78 is 15.3. The van der Waals surface area contributed by atoms with Crippen LogP contribution in [0, 0.1) is 5.92 Å². The SMILES string of the molecule is CCOC(=O)C1C=Nc2cc3c(cc2C1=O)OCO3. The summed E-state index contributed by atoms with van der Waals surface area (Å²) in [6, 6.07) is 3.19. The molecule has 0 saturated heterocycles. The number of benzene rings is 1. The highest BCUT2D eigenvalue weighted by molar-refractivity contribution is 6.22. The number of carbonyl (C=O) groups is 2. The molecule has 0 aliphatic carbocycles. The summed E-state index contributed by atoms with van der Waals surface area (Å²) in [6.07, 6.45) is 1.31. The molecule has 0 saturated carbocycles. The fourth-order valence-corrected chi connectivity index (χ4v) is 2.03. The smallest absolute Gasteiger partial charge is 0.322 e. The van der Waals surface area contributed by atoms with E-state index in [0.717, 1.165) is 0 Å². The summed E-state index contributed by atoms with van der Waals surface area (Å²) >= 11 is 0. The monoisotopic (exact) mass is 261 g/mol. The van der Waals surface area contributed by atoms with Crippen molar-refractivity contribution in [3.05, 3.63) is 17.7 Å². The molecule has 1 atom stereocenters. The molecule has 0 radical (unpaired) electrons. The van der Waals surface area contributed by atoms with Gasteiger partial charge in [-0.3, -0.25) is 14.6 Å². The Kier molecular flexibility index (Phi) is 2.70. The maximum absolute atomic E-state index is 12.2. The molecule has 0 amide bonds. The van der Waals surface area contributed by atoms with Gasteiger partial charge in [-0.25, -0.2) is 0 Å². The molecule has 0 N–H and O–H groups in total. The first-order valence-electron chi connectivity index (χ1n) is 5.89. The summed E-state index contributed by atoms with van der Waals surface area (Å²) in [4.78, 5) is 28.0. The second kappa shape index (κ2) is 4.38. The van der Waals surface area contributed by atoms with Crippen molar-refractivity contribution in [3.63, 3.8) is 0 Å². The average molecular weight is 261 g/mol. The Morgan fingerprint density at radius 2 is 2.16 bits per heavy atom. The fourth-order valence-electron chi connectivity index (χ4n) is 2.03. The predicted molar refractivity (Wildman–Crippen MR) is 65.2 cm³/mol. The molecule has 98 valence electrons. The first-order chi connectivity index (χ1) is 9.20. The first-order valence-corrected chi connectivity index (χ1v) is 5.89. The van der Waals surface area contributed by atoms with E-state index in [-0.39, 0.29) is 19.2 Å². The maximum Gasteiger partial charge on any atom is 0.322 e. The zero-order chi connectivity index (χ0) is 13.4. The van der Waals surface area contributed by atoms with Crippen LogP contribution in [0.2, 0.25) is 0 Å². The summed E-state index contributed by atoms with van der Waals surface area (Å²) in [5.41, 5.74) is 0.833. The quantitative estimate of drug-likeness (QED) is 0.595. The van der Waals surface area contributed by atoms with Gasteiger partial charge in [-0.2, -0.15) is 0 Å². The van der Waals surface area contributed by atoms with Crippen molar-refractivity contribution in [2.75, 3.05) is 13.4 Å². The molecule has 0 bridgehead atoms. The maximum atomic E-state index is 12.2. The minimum absolute atomic E-state index is 0.122. The number of rotatable bonds is 2. The van der Waals surface area contributed by atoms with Crippen molar-refractivity contribution >= 4 is 23.7 Å². The number of esters is 1. The number of Topliss-reactive ketones (excluding diaryl/α,β-unsaturated/α-hetero) is 1. The highest BCUT2D eigenvalue weighted by Crippen LogP contribution is 2.40. The Hall–Kier alpha value is -2.37. The lowest BCUT2D eigenvalue weighted by Gasteiger charge is -2.16. The zero-order valence-electron chi connectivity index (χ0n) is 10.2. The van der Waals surface area contributed by atoms with Crippen LogP contribution in [0.3, 0.4) is 0 Å². The van der Waals surface area contributed by atoms with Crippen LogP contribution in [0.5, 0.6) is 11.5 Å². The van der Waals surface area contributed by atoms with E-state index >= 15 is 0 Å². The van der Waals surface area contributed by atoms with Gasteiger partial charge in [-0.15, -0.1) is 0 Å². The fraction of sp³-hybridized carbons (Fsp3) is 0.308. The molecule has 1 aromatic rings. The first kappa shape index (κ1) is 11.7. The van der Waals surface area contributed by atoms with E-state index in [0.29, 0.717) is 22.7 Å². The summed E-state index contributed by atoms with van der Waals surface area (Å²) in [5.74, 6) is -0.848. The predicted octanol–water partition coefficient (Wildman–Crippen LogP) is 1.49. The van der Waals surface area contributed by atoms with Crippen LogP contribution in [0.25, 0.3) is 0 Å². The number of aliphatic imine (C=N–C) groups is 1. The number of hydrogen-bond donors (Lipinski definition) is 0. The third-order valence-corrected chi connectivity index (χ3v) is 2.94. The van der Waals surface area contributed by atoms with Gasteiger partial charge in [0.05, 0.1) is 12.3 Å². The highest BCUT2D eigenvalue weighted by atomic mass is 16.7. The van der Waals surface area contributed by atoms with Gasteiger partial charge in [-0.1, -0.05) is 0 Å². The molecule has 1 unspecified atom stereocenters. The molecule has 2 aliphatic rings. The van der Waals surface area contributed by atoms with Crippen molar-refractivity contribution in [1.29, 1.82) is 0 Å². The molecule has 0 fully saturated rings. The molecule has 1 aromatic carbocycles. The lowest BCUT2D eigenvalue weighted by molar-refractivity contribution is -0.143. The van der Waals surface area contributed by atoms with Crippen molar-refractivity contribution in [2.45, 2.75) is 6.92 Å². The molecular weight excluding hydrogens is 250 g/mol. The largest absolute Gasteiger partial charge is 0.465 e. The Labute approximate surface area is 109 Å². The second-order valence-corrected chi connectivity index (χ2v) is 4.09. The topological polar surface area (TPSA) is 74.2 Å². The van der Waals surface area contributed by atoms with Crippen LogP contribution in [0.1, 0.15) is 17.3 Å². The van der Waals surface area contributed by atoms with E-state index in [1.165, 1.54) is 6.21 Å². The second-order valence-electron chi connectivity index (χ2n) is 4.09. The molecule has 2 aliphatic heterocycles. The lowest BCUT2D eigenvalue weighted by atomic mass is 9.94. The van der Waals surface area contributed by atoms with Gasteiger partial charge < -0.3 is 14.2 Å². The van der Waals surface area contributed by atoms with Crippen LogP contribution < -0.4 is 9.47 Å². The van der Waals surface area contributed by atoms with Crippen molar-refractivity contribution in [3.8, 4) is 11.5 Å². The van der Waals surface area contributed by atoms with Gasteiger partial charge in [0.15, 0.2) is 23.2 Å². The molecule has 2 heterocycles. The number of nitrogens with zero attached hydrogens (tertiary/aromatic N) is 1. The molecule has 3 rings (SSSR count). The van der Waals surface area contributed by atoms with Crippen molar-refractivity contribution in [1.82, 2.24) is 0 Å². The lowest BCUT2D eigenvalue weighted by Crippen LogP contribution is -2.29. The van der Waals surface area contributed by atoms with E-state index < -0.39 is 11.9 Å². The zero-order valence-corrected chi connectivity index (χ0v) is 10.2.